The van der Waals surface area contributed by atoms with Crippen molar-refractivity contribution in [3.63, 3.8) is 0 Å². The van der Waals surface area contributed by atoms with Crippen LogP contribution in [0.5, 0.6) is 11.5 Å². The van der Waals surface area contributed by atoms with Crippen LogP contribution >= 0.6 is 0 Å². The fourth-order valence-corrected chi connectivity index (χ4v) is 7.68. The summed E-state index contributed by atoms with van der Waals surface area (Å²) in [5.41, 5.74) is 0.751. The zero-order valence-electron chi connectivity index (χ0n) is 17.1. The van der Waals surface area contributed by atoms with Crippen LogP contribution in [0.3, 0.4) is 0 Å². The lowest BCUT2D eigenvalue weighted by molar-refractivity contribution is -0.402. The first-order valence-electron chi connectivity index (χ1n) is 11.1. The fourth-order valence-electron chi connectivity index (χ4n) is 7.68. The number of ether oxygens (including phenoxy) is 4. The Morgan fingerprint density at radius 3 is 2.83 bits per heavy atom. The van der Waals surface area contributed by atoms with E-state index in [0.29, 0.717) is 12.5 Å². The summed E-state index contributed by atoms with van der Waals surface area (Å²) in [6.45, 7) is 2.20. The highest BCUT2D eigenvalue weighted by Crippen LogP contribution is 2.71. The Bertz CT molecular complexity index is 901. The molecule has 3 saturated heterocycles. The molecule has 4 bridgehead atoms. The van der Waals surface area contributed by atoms with Crippen LogP contribution in [0.25, 0.3) is 0 Å². The van der Waals surface area contributed by atoms with E-state index in [4.69, 9.17) is 18.9 Å². The highest BCUT2D eigenvalue weighted by molar-refractivity contribution is 5.64. The predicted molar refractivity (Wildman–Crippen MR) is 104 cm³/mol. The highest BCUT2D eigenvalue weighted by Gasteiger charge is 2.82. The van der Waals surface area contributed by atoms with Gasteiger partial charge in [0.2, 0.25) is 0 Å². The molecule has 1 aromatic rings. The third-order valence-electron chi connectivity index (χ3n) is 8.98. The van der Waals surface area contributed by atoms with Crippen LogP contribution in [0.1, 0.15) is 43.2 Å². The van der Waals surface area contributed by atoms with Gasteiger partial charge in [-0.15, -0.1) is 0 Å². The average molecular weight is 399 g/mol. The molecule has 6 heteroatoms. The smallest absolute Gasteiger partial charge is 0.190 e. The van der Waals surface area contributed by atoms with Crippen molar-refractivity contribution in [1.29, 1.82) is 0 Å². The molecule has 6 atom stereocenters. The molecule has 8 rings (SSSR count). The second kappa shape index (κ2) is 5.28. The number of likely N-dealkylation sites (tertiary alicyclic amines) is 1. The van der Waals surface area contributed by atoms with E-state index < -0.39 is 11.9 Å². The Morgan fingerprint density at radius 2 is 2.07 bits per heavy atom. The number of methoxy groups -OCH3 is 2. The van der Waals surface area contributed by atoms with E-state index in [2.05, 4.69) is 11.0 Å². The molecule has 0 amide bonds. The van der Waals surface area contributed by atoms with Gasteiger partial charge in [-0.25, -0.2) is 0 Å². The lowest BCUT2D eigenvalue weighted by Crippen LogP contribution is -2.86. The number of hydrogen-bond acceptors (Lipinski definition) is 6. The second-order valence-corrected chi connectivity index (χ2v) is 10.1. The van der Waals surface area contributed by atoms with Crippen molar-refractivity contribution in [2.45, 2.75) is 73.6 Å². The van der Waals surface area contributed by atoms with E-state index in [0.717, 1.165) is 49.8 Å². The minimum Gasteiger partial charge on any atom is -0.493 e. The Hall–Kier alpha value is -1.34. The van der Waals surface area contributed by atoms with E-state index in [9.17, 15) is 5.11 Å². The first kappa shape index (κ1) is 17.4. The molecule has 7 aliphatic rings. The second-order valence-electron chi connectivity index (χ2n) is 10.1. The van der Waals surface area contributed by atoms with Gasteiger partial charge in [0.25, 0.3) is 0 Å². The van der Waals surface area contributed by atoms with Gasteiger partial charge in [0, 0.05) is 25.3 Å². The van der Waals surface area contributed by atoms with Crippen molar-refractivity contribution >= 4 is 0 Å². The zero-order valence-corrected chi connectivity index (χ0v) is 17.1. The highest BCUT2D eigenvalue weighted by atomic mass is 16.7. The van der Waals surface area contributed by atoms with Crippen molar-refractivity contribution in [3.05, 3.63) is 23.3 Å². The van der Waals surface area contributed by atoms with Crippen LogP contribution in [-0.2, 0) is 21.3 Å². The molecule has 156 valence electrons. The summed E-state index contributed by atoms with van der Waals surface area (Å²) in [4.78, 5) is 2.69. The van der Waals surface area contributed by atoms with Crippen LogP contribution in [0.15, 0.2) is 12.1 Å². The molecule has 4 aliphatic heterocycles. The third-order valence-corrected chi connectivity index (χ3v) is 8.98. The summed E-state index contributed by atoms with van der Waals surface area (Å²) in [7, 11) is 3.33. The van der Waals surface area contributed by atoms with Crippen molar-refractivity contribution < 1.29 is 24.1 Å². The number of fused-ring (bicyclic) bond motifs is 2. The van der Waals surface area contributed by atoms with Crippen LogP contribution in [-0.4, -0.2) is 67.0 Å². The average Bonchev–Trinajstić information content (AvgIpc) is 3.47. The van der Waals surface area contributed by atoms with Gasteiger partial charge in [-0.05, 0) is 62.6 Å². The molecular formula is C23H29NO5. The number of benzene rings is 1. The predicted octanol–water partition coefficient (Wildman–Crippen LogP) is 2.00. The van der Waals surface area contributed by atoms with Gasteiger partial charge in [-0.3, -0.25) is 4.90 Å². The van der Waals surface area contributed by atoms with Crippen LogP contribution in [0.2, 0.25) is 0 Å². The lowest BCUT2D eigenvalue weighted by Gasteiger charge is -2.71. The van der Waals surface area contributed by atoms with Gasteiger partial charge >= 0.3 is 0 Å². The largest absolute Gasteiger partial charge is 0.493 e. The van der Waals surface area contributed by atoms with Gasteiger partial charge < -0.3 is 24.1 Å². The molecule has 1 unspecified atom stereocenters. The molecule has 29 heavy (non-hydrogen) atoms. The Morgan fingerprint density at radius 1 is 1.21 bits per heavy atom. The molecule has 0 aromatic heterocycles. The lowest BCUT2D eigenvalue weighted by atomic mass is 9.45. The molecule has 1 aromatic carbocycles. The maximum atomic E-state index is 11.8. The fraction of sp³-hybridized carbons (Fsp3) is 0.739. The Kier molecular flexibility index (Phi) is 3.16. The first-order chi connectivity index (χ1) is 14.1. The molecule has 1 N–H and O–H groups in total. The van der Waals surface area contributed by atoms with Gasteiger partial charge in [-0.2, -0.15) is 0 Å². The summed E-state index contributed by atoms with van der Waals surface area (Å²) in [5.74, 6) is 2.43. The molecule has 3 aliphatic carbocycles. The van der Waals surface area contributed by atoms with Gasteiger partial charge in [0.15, 0.2) is 23.4 Å². The molecule has 4 heterocycles. The summed E-state index contributed by atoms with van der Waals surface area (Å²) in [5, 5.41) is 11.8. The van der Waals surface area contributed by atoms with Gasteiger partial charge in [0.05, 0.1) is 12.5 Å². The summed E-state index contributed by atoms with van der Waals surface area (Å²) < 4.78 is 24.9. The Balaban J connectivity index is 1.48. The minimum absolute atomic E-state index is 0.303. The number of aliphatic hydroxyl groups is 1. The maximum absolute atomic E-state index is 11.8. The molecule has 5 fully saturated rings. The summed E-state index contributed by atoms with van der Waals surface area (Å²) in [6.07, 6.45) is 5.12. The van der Waals surface area contributed by atoms with Crippen LogP contribution in [0.4, 0.5) is 0 Å². The maximum Gasteiger partial charge on any atom is 0.190 e. The minimum atomic E-state index is -1.14. The summed E-state index contributed by atoms with van der Waals surface area (Å²) >= 11 is 0. The third kappa shape index (κ3) is 1.77. The van der Waals surface area contributed by atoms with Crippen LogP contribution in [0, 0.1) is 5.92 Å². The van der Waals surface area contributed by atoms with Crippen LogP contribution < -0.4 is 9.47 Å². The van der Waals surface area contributed by atoms with E-state index in [1.165, 1.54) is 24.0 Å². The normalized spacial score (nSPS) is 46.4. The van der Waals surface area contributed by atoms with E-state index in [1.54, 1.807) is 14.2 Å². The topological polar surface area (TPSA) is 60.4 Å². The standard InChI is InChI=1S/C23H29NO5/c1-26-15-6-5-14-11-16-23-8-7-22(25,20(27-2)29-23)19-21(23,17(14)18(15)28-19)9-10-24(16)12-13-3-4-13/h5-6,13,16,19-20,25H,3-4,7-12H2,1-2H3/t16-,19-,20?,21+,22+,23-/m1/s1. The number of nitrogens with zero attached hydrogens (tertiary/aromatic N) is 1. The number of rotatable bonds is 4. The van der Waals surface area contributed by atoms with Gasteiger partial charge in [0.1, 0.15) is 11.7 Å². The monoisotopic (exact) mass is 399 g/mol. The van der Waals surface area contributed by atoms with Crippen molar-refractivity contribution in [3.8, 4) is 11.5 Å². The first-order valence-corrected chi connectivity index (χ1v) is 11.1. The van der Waals surface area contributed by atoms with E-state index in [-0.39, 0.29) is 17.1 Å². The van der Waals surface area contributed by atoms with Crippen molar-refractivity contribution in [1.82, 2.24) is 4.90 Å². The number of piperidine rings is 1. The SMILES string of the molecule is COc1ccc2c3c1O[C@H]1[C@@]4(O)CC[C@@]5(OC4OC)[C@@H](C2)N(CC2CC2)CC[C@]315. The van der Waals surface area contributed by atoms with Crippen molar-refractivity contribution in [2.75, 3.05) is 27.3 Å². The molecule has 2 spiro atoms. The quantitative estimate of drug-likeness (QED) is 0.836. The van der Waals surface area contributed by atoms with E-state index >= 15 is 0 Å². The zero-order chi connectivity index (χ0) is 19.6. The molecular weight excluding hydrogens is 370 g/mol. The molecule has 6 nitrogen and oxygen atoms in total. The Labute approximate surface area is 171 Å². The van der Waals surface area contributed by atoms with E-state index in [1.807, 2.05) is 6.07 Å². The van der Waals surface area contributed by atoms with Crippen molar-refractivity contribution in [2.24, 2.45) is 5.92 Å². The summed E-state index contributed by atoms with van der Waals surface area (Å²) in [6, 6.07) is 4.55. The molecule has 0 radical (unpaired) electrons. The molecule has 2 saturated carbocycles. The van der Waals surface area contributed by atoms with Gasteiger partial charge in [-0.1, -0.05) is 6.07 Å². The number of hydrogen-bond donors (Lipinski definition) is 1.